The van der Waals surface area contributed by atoms with Gasteiger partial charge < -0.3 is 19.6 Å². The van der Waals surface area contributed by atoms with Crippen LogP contribution in [0.25, 0.3) is 11.0 Å². The van der Waals surface area contributed by atoms with E-state index in [1.807, 2.05) is 5.32 Å². The van der Waals surface area contributed by atoms with Crippen LogP contribution in [0.1, 0.15) is 19.4 Å². The van der Waals surface area contributed by atoms with E-state index in [2.05, 4.69) is 5.32 Å². The van der Waals surface area contributed by atoms with Crippen molar-refractivity contribution in [2.75, 3.05) is 18.5 Å². The monoisotopic (exact) mass is 321 g/mol. The fraction of sp³-hybridized carbons (Fsp3) is 0.375. The van der Waals surface area contributed by atoms with Crippen LogP contribution < -0.4 is 16.3 Å². The van der Waals surface area contributed by atoms with Crippen LogP contribution in [0.2, 0.25) is 0 Å². The number of aliphatic hydroxyl groups excluding tert-OH is 1. The Balaban J connectivity index is 2.25. The number of quaternary nitrogens is 1. The molecular weight excluding hydrogens is 300 g/mol. The maximum Gasteiger partial charge on any atom is 0.411 e. The van der Waals surface area contributed by atoms with Crippen LogP contribution in [0.4, 0.5) is 10.5 Å². The number of nitrogens with one attached hydrogen (secondary N) is 1. The highest BCUT2D eigenvalue weighted by molar-refractivity contribution is 5.89. The van der Waals surface area contributed by atoms with Crippen molar-refractivity contribution in [3.8, 4) is 0 Å². The van der Waals surface area contributed by atoms with Gasteiger partial charge in [0.25, 0.3) is 0 Å². The summed E-state index contributed by atoms with van der Waals surface area (Å²) >= 11 is 0. The normalized spacial score (nSPS) is 12.1. The highest BCUT2D eigenvalue weighted by atomic mass is 16.5. The number of ether oxygens (including phenoxy) is 1. The van der Waals surface area contributed by atoms with Gasteiger partial charge in [-0.1, -0.05) is 0 Å². The number of nitrogens with two attached hydrogens (primary N) is 1. The predicted molar refractivity (Wildman–Crippen MR) is 85.3 cm³/mol. The van der Waals surface area contributed by atoms with Crippen LogP contribution in [0, 0.1) is 0 Å². The summed E-state index contributed by atoms with van der Waals surface area (Å²) in [6.07, 6.45) is -0.975. The minimum Gasteiger partial charge on any atom is -0.450 e. The third-order valence-corrected chi connectivity index (χ3v) is 3.22. The summed E-state index contributed by atoms with van der Waals surface area (Å²) in [7, 11) is 0. The molecule has 7 heteroatoms. The second kappa shape index (κ2) is 7.75. The van der Waals surface area contributed by atoms with Crippen LogP contribution in [0.5, 0.6) is 0 Å². The first kappa shape index (κ1) is 17.0. The number of fused-ring (bicyclic) bond motifs is 1. The number of rotatable bonds is 6. The molecule has 0 aliphatic carbocycles. The Hall–Kier alpha value is -2.38. The molecule has 0 saturated carbocycles. The molecule has 0 aliphatic heterocycles. The third-order valence-electron chi connectivity index (χ3n) is 3.22. The van der Waals surface area contributed by atoms with E-state index in [1.54, 1.807) is 32.0 Å². The molecule has 1 aromatic heterocycles. The molecule has 0 fully saturated rings. The Morgan fingerprint density at radius 2 is 2.22 bits per heavy atom. The van der Waals surface area contributed by atoms with E-state index in [-0.39, 0.29) is 6.61 Å². The fourth-order valence-electron chi connectivity index (χ4n) is 2.24. The van der Waals surface area contributed by atoms with Crippen molar-refractivity contribution in [1.82, 2.24) is 0 Å². The van der Waals surface area contributed by atoms with E-state index < -0.39 is 17.8 Å². The van der Waals surface area contributed by atoms with Gasteiger partial charge in [-0.3, -0.25) is 5.32 Å². The number of carbonyl (C=O) groups excluding carboxylic acids is 1. The Labute approximate surface area is 133 Å². The molecule has 23 heavy (non-hydrogen) atoms. The largest absolute Gasteiger partial charge is 0.450 e. The zero-order valence-corrected chi connectivity index (χ0v) is 13.2. The summed E-state index contributed by atoms with van der Waals surface area (Å²) in [6.45, 7) is 4.80. The molecule has 0 spiro atoms. The highest BCUT2D eigenvalue weighted by Gasteiger charge is 2.10. The van der Waals surface area contributed by atoms with Crippen molar-refractivity contribution in [3.63, 3.8) is 0 Å². The van der Waals surface area contributed by atoms with Crippen molar-refractivity contribution < 1.29 is 24.4 Å². The van der Waals surface area contributed by atoms with Gasteiger partial charge in [-0.25, -0.2) is 9.59 Å². The smallest absolute Gasteiger partial charge is 0.411 e. The predicted octanol–water partition coefficient (Wildman–Crippen LogP) is 0.806. The first-order chi connectivity index (χ1) is 11.0. The van der Waals surface area contributed by atoms with Gasteiger partial charge in [0.15, 0.2) is 0 Å². The molecular formula is C16H21N2O5+. The molecule has 1 heterocycles. The van der Waals surface area contributed by atoms with Crippen LogP contribution >= 0.6 is 0 Å². The maximum absolute atomic E-state index is 11.7. The lowest BCUT2D eigenvalue weighted by Gasteiger charge is -2.08. The van der Waals surface area contributed by atoms with Crippen molar-refractivity contribution >= 4 is 22.7 Å². The molecule has 0 saturated heterocycles. The highest BCUT2D eigenvalue weighted by Crippen LogP contribution is 2.21. The van der Waals surface area contributed by atoms with Gasteiger partial charge in [0, 0.05) is 28.8 Å². The molecule has 7 nitrogen and oxygen atoms in total. The lowest BCUT2D eigenvalue weighted by atomic mass is 10.1. The molecule has 4 N–H and O–H groups in total. The Bertz CT molecular complexity index is 739. The molecule has 0 unspecified atom stereocenters. The molecule has 2 rings (SSSR count). The first-order valence-electron chi connectivity index (χ1n) is 7.50. The molecule has 124 valence electrons. The Morgan fingerprint density at radius 3 is 2.91 bits per heavy atom. The average Bonchev–Trinajstić information content (AvgIpc) is 2.46. The summed E-state index contributed by atoms with van der Waals surface area (Å²) in [4.78, 5) is 23.1. The summed E-state index contributed by atoms with van der Waals surface area (Å²) < 4.78 is 10.0. The molecule has 1 aromatic carbocycles. The zero-order valence-electron chi connectivity index (χ0n) is 13.2. The van der Waals surface area contributed by atoms with Crippen molar-refractivity contribution in [1.29, 1.82) is 0 Å². The van der Waals surface area contributed by atoms with E-state index in [4.69, 9.17) is 9.15 Å². The number of amides is 1. The summed E-state index contributed by atoms with van der Waals surface area (Å²) in [6, 6.07) is 6.54. The minimum absolute atomic E-state index is 0.276. The fourth-order valence-corrected chi connectivity index (χ4v) is 2.24. The van der Waals surface area contributed by atoms with Crippen molar-refractivity contribution in [3.05, 3.63) is 40.2 Å². The molecule has 0 bridgehead atoms. The second-order valence-electron chi connectivity index (χ2n) is 5.22. The zero-order chi connectivity index (χ0) is 16.8. The van der Waals surface area contributed by atoms with Gasteiger partial charge >= 0.3 is 11.7 Å². The van der Waals surface area contributed by atoms with E-state index in [9.17, 15) is 14.7 Å². The number of benzene rings is 1. The maximum atomic E-state index is 11.7. The SMILES string of the molecule is CCOC(=O)Nc1ccc2c(C[NH2+]C[C@H](C)O)cc(=O)oc2c1. The second-order valence-corrected chi connectivity index (χ2v) is 5.22. The quantitative estimate of drug-likeness (QED) is 0.683. The number of anilines is 1. The van der Waals surface area contributed by atoms with Gasteiger partial charge in [-0.2, -0.15) is 0 Å². The number of aliphatic hydroxyl groups is 1. The summed E-state index contributed by atoms with van der Waals surface area (Å²) in [5.41, 5.74) is 1.25. The van der Waals surface area contributed by atoms with E-state index in [0.29, 0.717) is 24.4 Å². The van der Waals surface area contributed by atoms with Crippen molar-refractivity contribution in [2.24, 2.45) is 0 Å². The lowest BCUT2D eigenvalue weighted by molar-refractivity contribution is -0.675. The molecule has 0 aliphatic rings. The summed E-state index contributed by atoms with van der Waals surface area (Å²) in [5, 5.41) is 14.6. The van der Waals surface area contributed by atoms with E-state index in [1.165, 1.54) is 6.07 Å². The van der Waals surface area contributed by atoms with Crippen molar-refractivity contribution in [2.45, 2.75) is 26.5 Å². The van der Waals surface area contributed by atoms with Gasteiger partial charge in [-0.05, 0) is 26.0 Å². The van der Waals surface area contributed by atoms with Gasteiger partial charge in [0.05, 0.1) is 12.7 Å². The molecule has 1 amide bonds. The van der Waals surface area contributed by atoms with Gasteiger partial charge in [0.1, 0.15) is 18.7 Å². The van der Waals surface area contributed by atoms with E-state index >= 15 is 0 Å². The number of hydrogen-bond donors (Lipinski definition) is 3. The van der Waals surface area contributed by atoms with Crippen LogP contribution in [0.15, 0.2) is 33.5 Å². The van der Waals surface area contributed by atoms with Crippen LogP contribution in [0.3, 0.4) is 0 Å². The Morgan fingerprint density at radius 1 is 1.43 bits per heavy atom. The number of carbonyl (C=O) groups is 1. The minimum atomic E-state index is -0.560. The average molecular weight is 321 g/mol. The topological polar surface area (TPSA) is 105 Å². The molecule has 0 radical (unpaired) electrons. The van der Waals surface area contributed by atoms with Gasteiger partial charge in [-0.15, -0.1) is 0 Å². The standard InChI is InChI=1S/C16H20N2O5/c1-3-22-16(21)18-12-4-5-13-11(9-17-8-10(2)19)6-15(20)23-14(13)7-12/h4-7,10,17,19H,3,8-9H2,1-2H3,(H,18,21)/p+1/t10-/m0/s1. The van der Waals surface area contributed by atoms with E-state index in [0.717, 1.165) is 10.9 Å². The first-order valence-corrected chi connectivity index (χ1v) is 7.50. The third kappa shape index (κ3) is 4.80. The Kier molecular flexibility index (Phi) is 5.72. The molecule has 1 atom stereocenters. The lowest BCUT2D eigenvalue weighted by Crippen LogP contribution is -2.84. The molecule has 2 aromatic rings. The van der Waals surface area contributed by atoms with Crippen LogP contribution in [-0.4, -0.2) is 30.5 Å². The van der Waals surface area contributed by atoms with Crippen LogP contribution in [-0.2, 0) is 11.3 Å². The number of hydrogen-bond acceptors (Lipinski definition) is 5. The summed E-state index contributed by atoms with van der Waals surface area (Å²) in [5.74, 6) is 0. The van der Waals surface area contributed by atoms with Gasteiger partial charge in [0.2, 0.25) is 0 Å².